The fourth-order valence-corrected chi connectivity index (χ4v) is 5.33. The summed E-state index contributed by atoms with van der Waals surface area (Å²) in [7, 11) is -3.92. The van der Waals surface area contributed by atoms with Crippen LogP contribution in [0.3, 0.4) is 0 Å². The van der Waals surface area contributed by atoms with Crippen molar-refractivity contribution in [1.29, 1.82) is 0 Å². The molecule has 1 aliphatic rings. The van der Waals surface area contributed by atoms with Crippen molar-refractivity contribution in [2.75, 3.05) is 37.2 Å². The molecular formula is C20H22FN3O4S2. The Morgan fingerprint density at radius 2 is 1.67 bits per heavy atom. The van der Waals surface area contributed by atoms with Crippen molar-refractivity contribution in [3.05, 3.63) is 54.3 Å². The maximum atomic E-state index is 13.9. The highest BCUT2D eigenvalue weighted by atomic mass is 32.2. The summed E-state index contributed by atoms with van der Waals surface area (Å²) in [5, 5.41) is 2.68. The lowest BCUT2D eigenvalue weighted by atomic mass is 10.3. The fourth-order valence-electron chi connectivity index (χ4n) is 3.04. The summed E-state index contributed by atoms with van der Waals surface area (Å²) >= 11 is 1.37. The van der Waals surface area contributed by atoms with Crippen LogP contribution in [0.15, 0.2) is 58.3 Å². The first-order valence-electron chi connectivity index (χ1n) is 9.30. The number of nitrogens with zero attached hydrogens (tertiary/aromatic N) is 2. The molecule has 160 valence electrons. The van der Waals surface area contributed by atoms with Crippen LogP contribution >= 0.6 is 11.8 Å². The van der Waals surface area contributed by atoms with E-state index in [2.05, 4.69) is 5.32 Å². The van der Waals surface area contributed by atoms with Gasteiger partial charge < -0.3 is 10.2 Å². The highest BCUT2D eigenvalue weighted by Gasteiger charge is 2.31. The number of hydrogen-bond donors (Lipinski definition) is 1. The summed E-state index contributed by atoms with van der Waals surface area (Å²) in [5.41, 5.74) is 0.686. The Morgan fingerprint density at radius 1 is 1.03 bits per heavy atom. The molecule has 1 N–H and O–H groups in total. The Kier molecular flexibility index (Phi) is 7.11. The Labute approximate surface area is 179 Å². The standard InChI is InChI=1S/C20H22FN3O4S2/c1-15(25)22-16-6-8-17(9-7-16)29-14-20(26)23-10-12-24(13-11-23)30(27,28)19-5-3-2-4-18(19)21/h2-9H,10-14H2,1H3,(H,22,25). The van der Waals surface area contributed by atoms with E-state index < -0.39 is 15.8 Å². The van der Waals surface area contributed by atoms with Crippen molar-refractivity contribution in [3.8, 4) is 0 Å². The number of rotatable bonds is 6. The van der Waals surface area contributed by atoms with Crippen LogP contribution in [0.2, 0.25) is 0 Å². The van der Waals surface area contributed by atoms with Gasteiger partial charge in [-0.25, -0.2) is 12.8 Å². The normalized spacial score (nSPS) is 15.1. The number of halogens is 1. The topological polar surface area (TPSA) is 86.8 Å². The average molecular weight is 452 g/mol. The van der Waals surface area contributed by atoms with Crippen LogP contribution in [-0.4, -0.2) is 61.4 Å². The van der Waals surface area contributed by atoms with E-state index in [1.807, 2.05) is 12.1 Å². The summed E-state index contributed by atoms with van der Waals surface area (Å²) in [4.78, 5) is 25.7. The molecule has 3 rings (SSSR count). The second-order valence-electron chi connectivity index (χ2n) is 6.71. The van der Waals surface area contributed by atoms with Gasteiger partial charge in [0, 0.05) is 43.7 Å². The van der Waals surface area contributed by atoms with E-state index in [1.54, 1.807) is 17.0 Å². The molecule has 30 heavy (non-hydrogen) atoms. The monoisotopic (exact) mass is 451 g/mol. The summed E-state index contributed by atoms with van der Waals surface area (Å²) in [5.74, 6) is -0.799. The van der Waals surface area contributed by atoms with Crippen molar-refractivity contribution in [2.45, 2.75) is 16.7 Å². The first-order valence-corrected chi connectivity index (χ1v) is 11.7. The summed E-state index contributed by atoms with van der Waals surface area (Å²) in [6, 6.07) is 12.5. The van der Waals surface area contributed by atoms with Gasteiger partial charge >= 0.3 is 0 Å². The SMILES string of the molecule is CC(=O)Nc1ccc(SCC(=O)N2CCN(S(=O)(=O)c3ccccc3F)CC2)cc1. The van der Waals surface area contributed by atoms with Crippen molar-refractivity contribution in [1.82, 2.24) is 9.21 Å². The minimum absolute atomic E-state index is 0.0890. The molecule has 0 bridgehead atoms. The Balaban J connectivity index is 1.52. The second-order valence-corrected chi connectivity index (χ2v) is 9.66. The number of piperazine rings is 1. The molecule has 1 fully saturated rings. The molecule has 1 saturated heterocycles. The summed E-state index contributed by atoms with van der Waals surface area (Å²) in [6.45, 7) is 2.20. The molecule has 0 aliphatic carbocycles. The molecule has 2 aromatic rings. The van der Waals surface area contributed by atoms with E-state index >= 15 is 0 Å². The van der Waals surface area contributed by atoms with E-state index in [-0.39, 0.29) is 48.6 Å². The smallest absolute Gasteiger partial charge is 0.246 e. The zero-order valence-electron chi connectivity index (χ0n) is 16.4. The number of amides is 2. The highest BCUT2D eigenvalue weighted by molar-refractivity contribution is 8.00. The van der Waals surface area contributed by atoms with Crippen LogP contribution < -0.4 is 5.32 Å². The maximum Gasteiger partial charge on any atom is 0.246 e. The van der Waals surface area contributed by atoms with Crippen LogP contribution in [0.4, 0.5) is 10.1 Å². The predicted octanol–water partition coefficient (Wildman–Crippen LogP) is 2.41. The molecule has 1 aliphatic heterocycles. The summed E-state index contributed by atoms with van der Waals surface area (Å²) < 4.78 is 40.4. The molecule has 0 radical (unpaired) electrons. The minimum Gasteiger partial charge on any atom is -0.339 e. The van der Waals surface area contributed by atoms with Gasteiger partial charge in [0.05, 0.1) is 5.75 Å². The zero-order valence-corrected chi connectivity index (χ0v) is 18.0. The Morgan fingerprint density at radius 3 is 2.27 bits per heavy atom. The molecule has 0 saturated carbocycles. The van der Waals surface area contributed by atoms with Gasteiger partial charge in [-0.05, 0) is 36.4 Å². The lowest BCUT2D eigenvalue weighted by Crippen LogP contribution is -2.51. The molecular weight excluding hydrogens is 429 g/mol. The quantitative estimate of drug-likeness (QED) is 0.682. The van der Waals surface area contributed by atoms with Crippen LogP contribution in [0.1, 0.15) is 6.92 Å². The first-order chi connectivity index (χ1) is 14.3. The van der Waals surface area contributed by atoms with Gasteiger partial charge in [0.1, 0.15) is 10.7 Å². The average Bonchev–Trinajstić information content (AvgIpc) is 2.73. The Hall–Kier alpha value is -2.43. The molecule has 2 aromatic carbocycles. The van der Waals surface area contributed by atoms with Gasteiger partial charge in [-0.1, -0.05) is 12.1 Å². The van der Waals surface area contributed by atoms with Gasteiger partial charge in [-0.3, -0.25) is 9.59 Å². The first kappa shape index (κ1) is 22.3. The third-order valence-electron chi connectivity index (χ3n) is 4.58. The molecule has 1 heterocycles. The van der Waals surface area contributed by atoms with E-state index in [0.717, 1.165) is 11.0 Å². The number of anilines is 1. The summed E-state index contributed by atoms with van der Waals surface area (Å²) in [6.07, 6.45) is 0. The van der Waals surface area contributed by atoms with Gasteiger partial charge in [-0.15, -0.1) is 11.8 Å². The van der Waals surface area contributed by atoms with Gasteiger partial charge in [0.15, 0.2) is 0 Å². The fraction of sp³-hybridized carbons (Fsp3) is 0.300. The number of thioether (sulfide) groups is 1. The van der Waals surface area contributed by atoms with Gasteiger partial charge in [0.25, 0.3) is 0 Å². The molecule has 0 unspecified atom stereocenters. The Bertz CT molecular complexity index is 1020. The van der Waals surface area contributed by atoms with Crippen LogP contribution in [0, 0.1) is 5.82 Å². The van der Waals surface area contributed by atoms with Crippen LogP contribution in [-0.2, 0) is 19.6 Å². The van der Waals surface area contributed by atoms with Gasteiger partial charge in [-0.2, -0.15) is 4.31 Å². The number of sulfonamides is 1. The van der Waals surface area contributed by atoms with E-state index in [9.17, 15) is 22.4 Å². The maximum absolute atomic E-state index is 13.9. The number of nitrogens with one attached hydrogen (secondary N) is 1. The van der Waals surface area contributed by atoms with E-state index in [4.69, 9.17) is 0 Å². The third-order valence-corrected chi connectivity index (χ3v) is 7.51. The second kappa shape index (κ2) is 9.59. The number of hydrogen-bond acceptors (Lipinski definition) is 5. The molecule has 2 amide bonds. The zero-order chi connectivity index (χ0) is 21.7. The van der Waals surface area contributed by atoms with Crippen LogP contribution in [0.25, 0.3) is 0 Å². The van der Waals surface area contributed by atoms with Gasteiger partial charge in [0.2, 0.25) is 21.8 Å². The lowest BCUT2D eigenvalue weighted by molar-refractivity contribution is -0.129. The van der Waals surface area contributed by atoms with Crippen molar-refractivity contribution in [3.63, 3.8) is 0 Å². The van der Waals surface area contributed by atoms with E-state index in [1.165, 1.54) is 41.2 Å². The molecule has 10 heteroatoms. The van der Waals surface area contributed by atoms with Crippen molar-refractivity contribution >= 4 is 39.3 Å². The minimum atomic E-state index is -3.92. The van der Waals surface area contributed by atoms with Crippen LogP contribution in [0.5, 0.6) is 0 Å². The van der Waals surface area contributed by atoms with Crippen molar-refractivity contribution < 1.29 is 22.4 Å². The number of carbonyl (C=O) groups is 2. The number of carbonyl (C=O) groups excluding carboxylic acids is 2. The third kappa shape index (κ3) is 5.38. The largest absolute Gasteiger partial charge is 0.339 e. The molecule has 0 aromatic heterocycles. The van der Waals surface area contributed by atoms with Crippen molar-refractivity contribution in [2.24, 2.45) is 0 Å². The molecule has 0 atom stereocenters. The molecule has 7 nitrogen and oxygen atoms in total. The predicted molar refractivity (Wildman–Crippen MR) is 113 cm³/mol. The van der Waals surface area contributed by atoms with E-state index in [0.29, 0.717) is 5.69 Å². The lowest BCUT2D eigenvalue weighted by Gasteiger charge is -2.34. The number of benzene rings is 2. The highest BCUT2D eigenvalue weighted by Crippen LogP contribution is 2.23. The molecule has 0 spiro atoms.